The van der Waals surface area contributed by atoms with Crippen molar-refractivity contribution in [3.05, 3.63) is 23.3 Å². The maximum Gasteiger partial charge on any atom is 0.156 e. The second-order valence-electron chi connectivity index (χ2n) is 5.26. The molecule has 2 aliphatic rings. The molecular weight excluding hydrogens is 172 g/mol. The lowest BCUT2D eigenvalue weighted by atomic mass is 9.81. The molecule has 0 bridgehead atoms. The quantitative estimate of drug-likeness (QED) is 0.572. The number of hydrogen-bond donors (Lipinski definition) is 0. The smallest absolute Gasteiger partial charge is 0.156 e. The molecule has 0 aromatic carbocycles. The summed E-state index contributed by atoms with van der Waals surface area (Å²) in [6, 6.07) is 0. The van der Waals surface area contributed by atoms with Gasteiger partial charge in [0.2, 0.25) is 0 Å². The van der Waals surface area contributed by atoms with Crippen molar-refractivity contribution in [2.24, 2.45) is 5.41 Å². The summed E-state index contributed by atoms with van der Waals surface area (Å²) in [6.45, 7) is 4.35. The van der Waals surface area contributed by atoms with E-state index in [4.69, 9.17) is 0 Å². The van der Waals surface area contributed by atoms with Crippen LogP contribution >= 0.6 is 0 Å². The Kier molecular flexibility index (Phi) is 2.34. The molecular formula is C13H18O. The van der Waals surface area contributed by atoms with Crippen LogP contribution in [0.2, 0.25) is 0 Å². The molecule has 1 saturated carbocycles. The van der Waals surface area contributed by atoms with Crippen LogP contribution in [0.1, 0.15) is 46.0 Å². The van der Waals surface area contributed by atoms with Crippen LogP contribution in [0.3, 0.4) is 0 Å². The first kappa shape index (κ1) is 9.70. The average Bonchev–Trinajstić information content (AvgIpc) is 2.45. The molecule has 2 rings (SSSR count). The molecule has 0 aliphatic heterocycles. The van der Waals surface area contributed by atoms with Crippen molar-refractivity contribution in [2.75, 3.05) is 0 Å². The molecule has 0 spiro atoms. The minimum absolute atomic E-state index is 0.148. The number of rotatable bonds is 0. The van der Waals surface area contributed by atoms with E-state index in [0.29, 0.717) is 12.2 Å². The molecule has 0 heterocycles. The average molecular weight is 190 g/mol. The number of allylic oxidation sites excluding steroid dienone is 4. The van der Waals surface area contributed by atoms with Gasteiger partial charge in [-0.2, -0.15) is 0 Å². The van der Waals surface area contributed by atoms with E-state index in [-0.39, 0.29) is 5.41 Å². The molecule has 0 amide bonds. The van der Waals surface area contributed by atoms with E-state index in [2.05, 4.69) is 19.9 Å². The zero-order valence-electron chi connectivity index (χ0n) is 9.10. The van der Waals surface area contributed by atoms with Gasteiger partial charge in [0.25, 0.3) is 0 Å². The molecule has 0 aromatic heterocycles. The Bertz CT molecular complexity index is 318. The number of carbonyl (C=O) groups is 1. The second-order valence-corrected chi connectivity index (χ2v) is 5.26. The van der Waals surface area contributed by atoms with Gasteiger partial charge in [-0.05, 0) is 48.3 Å². The van der Waals surface area contributed by atoms with Gasteiger partial charge in [-0.25, -0.2) is 0 Å². The summed E-state index contributed by atoms with van der Waals surface area (Å²) in [6.07, 6.45) is 9.50. The third kappa shape index (κ3) is 1.97. The van der Waals surface area contributed by atoms with Gasteiger partial charge in [0.15, 0.2) is 5.78 Å². The summed E-state index contributed by atoms with van der Waals surface area (Å²) in [7, 11) is 0. The fourth-order valence-corrected chi connectivity index (χ4v) is 2.38. The topological polar surface area (TPSA) is 17.1 Å². The van der Waals surface area contributed by atoms with E-state index in [9.17, 15) is 4.79 Å². The van der Waals surface area contributed by atoms with Gasteiger partial charge in [0, 0.05) is 6.42 Å². The Morgan fingerprint density at radius 1 is 1.21 bits per heavy atom. The molecule has 1 nitrogen and oxygen atoms in total. The Morgan fingerprint density at radius 2 is 1.93 bits per heavy atom. The summed E-state index contributed by atoms with van der Waals surface area (Å²) >= 11 is 0. The van der Waals surface area contributed by atoms with Gasteiger partial charge >= 0.3 is 0 Å². The molecule has 0 unspecified atom stereocenters. The number of hydrogen-bond acceptors (Lipinski definition) is 1. The molecule has 1 heteroatoms. The van der Waals surface area contributed by atoms with Crippen LogP contribution in [0, 0.1) is 5.41 Å². The lowest BCUT2D eigenvalue weighted by Crippen LogP contribution is -2.16. The summed E-state index contributed by atoms with van der Waals surface area (Å²) in [5.74, 6) is 0.317. The van der Waals surface area contributed by atoms with Gasteiger partial charge in [-0.15, -0.1) is 0 Å². The largest absolute Gasteiger partial charge is 0.295 e. The van der Waals surface area contributed by atoms with Crippen molar-refractivity contribution in [1.29, 1.82) is 0 Å². The van der Waals surface area contributed by atoms with Crippen LogP contribution in [0.15, 0.2) is 23.3 Å². The fraction of sp³-hybridized carbons (Fsp3) is 0.615. The number of ketones is 1. The molecule has 0 N–H and O–H groups in total. The maximum atomic E-state index is 11.7. The van der Waals surface area contributed by atoms with Crippen LogP contribution in [0.4, 0.5) is 0 Å². The normalized spacial score (nSPS) is 33.4. The predicted molar refractivity (Wildman–Crippen MR) is 58.0 cm³/mol. The van der Waals surface area contributed by atoms with Crippen LogP contribution in [0.25, 0.3) is 0 Å². The molecule has 0 saturated heterocycles. The van der Waals surface area contributed by atoms with Crippen LogP contribution < -0.4 is 0 Å². The standard InChI is InChI=1S/C13H18O/c1-13(2)7-6-10-4-3-5-11(10)8-12(14)9-13/h6,8H,3-5,7,9H2,1-2H3/b10-6-,11-8-. The van der Waals surface area contributed by atoms with Gasteiger partial charge in [-0.3, -0.25) is 4.79 Å². The highest BCUT2D eigenvalue weighted by atomic mass is 16.1. The number of fused-ring (bicyclic) bond motifs is 1. The van der Waals surface area contributed by atoms with E-state index in [1.54, 1.807) is 0 Å². The summed E-state index contributed by atoms with van der Waals surface area (Å²) in [5, 5.41) is 0. The lowest BCUT2D eigenvalue weighted by molar-refractivity contribution is -0.116. The SMILES string of the molecule is CC1(C)C/C=C2/CCC/C2=C/C(=O)C1. The molecule has 0 radical (unpaired) electrons. The van der Waals surface area contributed by atoms with Gasteiger partial charge in [0.1, 0.15) is 0 Å². The minimum Gasteiger partial charge on any atom is -0.295 e. The Morgan fingerprint density at radius 3 is 2.71 bits per heavy atom. The van der Waals surface area contributed by atoms with Gasteiger partial charge in [-0.1, -0.05) is 19.9 Å². The first-order valence-electron chi connectivity index (χ1n) is 5.50. The molecule has 76 valence electrons. The maximum absolute atomic E-state index is 11.7. The van der Waals surface area contributed by atoms with E-state index in [1.165, 1.54) is 24.0 Å². The van der Waals surface area contributed by atoms with Crippen LogP contribution in [0.5, 0.6) is 0 Å². The van der Waals surface area contributed by atoms with E-state index in [0.717, 1.165) is 12.8 Å². The van der Waals surface area contributed by atoms with Crippen molar-refractivity contribution in [1.82, 2.24) is 0 Å². The lowest BCUT2D eigenvalue weighted by Gasteiger charge is -2.23. The van der Waals surface area contributed by atoms with E-state index in [1.807, 2.05) is 6.08 Å². The Hall–Kier alpha value is -0.850. The van der Waals surface area contributed by atoms with Crippen molar-refractivity contribution in [3.8, 4) is 0 Å². The van der Waals surface area contributed by atoms with Crippen molar-refractivity contribution in [3.63, 3.8) is 0 Å². The highest BCUT2D eigenvalue weighted by Gasteiger charge is 2.24. The van der Waals surface area contributed by atoms with Crippen LogP contribution in [-0.4, -0.2) is 5.78 Å². The zero-order chi connectivity index (χ0) is 10.2. The monoisotopic (exact) mass is 190 g/mol. The van der Waals surface area contributed by atoms with E-state index < -0.39 is 0 Å². The van der Waals surface area contributed by atoms with Crippen molar-refractivity contribution in [2.45, 2.75) is 46.0 Å². The predicted octanol–water partition coefficient (Wildman–Crippen LogP) is 3.41. The number of carbonyl (C=O) groups excluding carboxylic acids is 1. The summed E-state index contributed by atoms with van der Waals surface area (Å²) in [4.78, 5) is 11.7. The first-order chi connectivity index (χ1) is 6.57. The molecule has 0 aromatic rings. The fourth-order valence-electron chi connectivity index (χ4n) is 2.38. The summed E-state index contributed by atoms with van der Waals surface area (Å²) in [5.41, 5.74) is 2.89. The third-order valence-corrected chi connectivity index (χ3v) is 3.19. The molecule has 0 atom stereocenters. The first-order valence-corrected chi connectivity index (χ1v) is 5.50. The Labute approximate surface area is 85.9 Å². The van der Waals surface area contributed by atoms with Crippen molar-refractivity contribution >= 4 is 5.78 Å². The molecule has 1 fully saturated rings. The van der Waals surface area contributed by atoms with E-state index >= 15 is 0 Å². The highest BCUT2D eigenvalue weighted by molar-refractivity contribution is 5.91. The summed E-state index contributed by atoms with van der Waals surface area (Å²) < 4.78 is 0. The van der Waals surface area contributed by atoms with Crippen LogP contribution in [-0.2, 0) is 4.79 Å². The second kappa shape index (κ2) is 3.38. The highest BCUT2D eigenvalue weighted by Crippen LogP contribution is 2.36. The van der Waals surface area contributed by atoms with Crippen molar-refractivity contribution < 1.29 is 4.79 Å². The zero-order valence-corrected chi connectivity index (χ0v) is 9.10. The minimum atomic E-state index is 0.148. The molecule has 14 heavy (non-hydrogen) atoms. The van der Waals surface area contributed by atoms with Gasteiger partial charge in [0.05, 0.1) is 0 Å². The third-order valence-electron chi connectivity index (χ3n) is 3.19. The van der Waals surface area contributed by atoms with Gasteiger partial charge < -0.3 is 0 Å². The Balaban J connectivity index is 2.31. The molecule has 2 aliphatic carbocycles.